The van der Waals surface area contributed by atoms with E-state index in [0.29, 0.717) is 5.92 Å². The number of aromatic nitrogens is 2. The fourth-order valence-corrected chi connectivity index (χ4v) is 5.17. The number of benzene rings is 1. The predicted octanol–water partition coefficient (Wildman–Crippen LogP) is 3.49. The number of methoxy groups -OCH3 is 1. The number of fused-ring (bicyclic) bond motifs is 1. The number of hydrogen-bond donors (Lipinski definition) is 2. The average molecular weight is 450 g/mol. The molecular weight excluding hydrogens is 414 g/mol. The zero-order valence-corrected chi connectivity index (χ0v) is 19.9. The van der Waals surface area contributed by atoms with Gasteiger partial charge in [-0.15, -0.1) is 0 Å². The van der Waals surface area contributed by atoms with E-state index in [4.69, 9.17) is 9.47 Å². The highest BCUT2D eigenvalue weighted by molar-refractivity contribution is 5.76. The van der Waals surface area contributed by atoms with Gasteiger partial charge in [0.1, 0.15) is 23.1 Å². The molecule has 0 radical (unpaired) electrons. The van der Waals surface area contributed by atoms with Crippen molar-refractivity contribution in [2.45, 2.75) is 32.8 Å². The van der Waals surface area contributed by atoms with Gasteiger partial charge in [-0.1, -0.05) is 13.0 Å². The molecule has 0 amide bonds. The second-order valence-electron chi connectivity index (χ2n) is 9.15. The molecule has 7 nitrogen and oxygen atoms in total. The quantitative estimate of drug-likeness (QED) is 0.576. The van der Waals surface area contributed by atoms with Crippen LogP contribution in [0.5, 0.6) is 11.5 Å². The molecule has 2 N–H and O–H groups in total. The first-order chi connectivity index (χ1) is 16.2. The maximum absolute atomic E-state index is 6.69. The standard InChI is InChI=1S/C26H35N5O2/c1-4-23(20-7-8-28-16-20)33-25-14-21(17-31-26(25)18(2)15-29-31)19-5-6-22(24(13-19)32-3)30-11-9-27-10-12-30/h5-6,13-15,17,20,23,27-28H,4,7-12,16H2,1-3H3/t20-,23?/m1/s1. The minimum atomic E-state index is 0.193. The lowest BCUT2D eigenvalue weighted by Crippen LogP contribution is -2.43. The third-order valence-corrected chi connectivity index (χ3v) is 7.04. The van der Waals surface area contributed by atoms with Crippen molar-refractivity contribution in [1.82, 2.24) is 20.2 Å². The molecule has 2 aliphatic heterocycles. The number of ether oxygens (including phenoxy) is 2. The highest BCUT2D eigenvalue weighted by atomic mass is 16.5. The van der Waals surface area contributed by atoms with Crippen LogP contribution in [-0.2, 0) is 0 Å². The van der Waals surface area contributed by atoms with Crippen molar-refractivity contribution in [1.29, 1.82) is 0 Å². The van der Waals surface area contributed by atoms with Gasteiger partial charge in [0.15, 0.2) is 0 Å². The molecule has 2 aliphatic rings. The molecule has 7 heteroatoms. The molecule has 33 heavy (non-hydrogen) atoms. The maximum Gasteiger partial charge on any atom is 0.146 e. The van der Waals surface area contributed by atoms with Crippen LogP contribution in [0.4, 0.5) is 5.69 Å². The van der Waals surface area contributed by atoms with Gasteiger partial charge in [-0.25, -0.2) is 4.52 Å². The Morgan fingerprint density at radius 2 is 1.91 bits per heavy atom. The van der Waals surface area contributed by atoms with Crippen molar-refractivity contribution in [2.75, 3.05) is 51.3 Å². The highest BCUT2D eigenvalue weighted by Gasteiger charge is 2.26. The lowest BCUT2D eigenvalue weighted by atomic mass is 9.99. The minimum Gasteiger partial charge on any atom is -0.495 e. The van der Waals surface area contributed by atoms with E-state index in [0.717, 1.165) is 91.5 Å². The summed E-state index contributed by atoms with van der Waals surface area (Å²) in [4.78, 5) is 2.38. The lowest BCUT2D eigenvalue weighted by Gasteiger charge is -2.30. The van der Waals surface area contributed by atoms with Gasteiger partial charge < -0.3 is 25.0 Å². The highest BCUT2D eigenvalue weighted by Crippen LogP contribution is 2.37. The number of hydrogen-bond acceptors (Lipinski definition) is 6. The molecule has 0 saturated carbocycles. The van der Waals surface area contributed by atoms with E-state index in [2.05, 4.69) is 64.9 Å². The summed E-state index contributed by atoms with van der Waals surface area (Å²) in [5, 5.41) is 11.5. The number of rotatable bonds is 7. The van der Waals surface area contributed by atoms with Crippen molar-refractivity contribution < 1.29 is 9.47 Å². The molecule has 0 bridgehead atoms. The van der Waals surface area contributed by atoms with Crippen LogP contribution in [0.2, 0.25) is 0 Å². The SMILES string of the molecule is CCC(Oc1cc(-c2ccc(N3CCNCC3)c(OC)c2)cn2ncc(C)c12)[C@@H]1CCNC1. The van der Waals surface area contributed by atoms with Crippen molar-refractivity contribution in [3.63, 3.8) is 0 Å². The fourth-order valence-electron chi connectivity index (χ4n) is 5.17. The number of nitrogens with one attached hydrogen (secondary N) is 2. The summed E-state index contributed by atoms with van der Waals surface area (Å²) in [7, 11) is 1.75. The van der Waals surface area contributed by atoms with Gasteiger partial charge in [0.2, 0.25) is 0 Å². The van der Waals surface area contributed by atoms with Crippen molar-refractivity contribution >= 4 is 11.2 Å². The molecule has 176 valence electrons. The molecule has 2 fully saturated rings. The molecule has 1 unspecified atom stereocenters. The van der Waals surface area contributed by atoms with Crippen molar-refractivity contribution in [3.05, 3.63) is 42.2 Å². The van der Waals surface area contributed by atoms with E-state index < -0.39 is 0 Å². The number of nitrogens with zero attached hydrogens (tertiary/aromatic N) is 3. The van der Waals surface area contributed by atoms with Gasteiger partial charge in [-0.3, -0.25) is 0 Å². The smallest absolute Gasteiger partial charge is 0.146 e. The van der Waals surface area contributed by atoms with Crippen molar-refractivity contribution in [2.24, 2.45) is 5.92 Å². The molecule has 0 aliphatic carbocycles. The summed E-state index contributed by atoms with van der Waals surface area (Å²) in [6.07, 6.45) is 6.35. The van der Waals surface area contributed by atoms with Gasteiger partial charge in [-0.05, 0) is 55.6 Å². The van der Waals surface area contributed by atoms with Crippen LogP contribution in [0.15, 0.2) is 36.7 Å². The molecule has 3 aromatic rings. The van der Waals surface area contributed by atoms with Crippen LogP contribution in [0, 0.1) is 12.8 Å². The Labute approximate surface area is 196 Å². The molecule has 2 saturated heterocycles. The Hall–Kier alpha value is -2.77. The zero-order chi connectivity index (χ0) is 22.8. The van der Waals surface area contributed by atoms with Crippen LogP contribution < -0.4 is 25.0 Å². The van der Waals surface area contributed by atoms with Crippen LogP contribution in [0.3, 0.4) is 0 Å². The summed E-state index contributed by atoms with van der Waals surface area (Å²) in [5.41, 5.74) is 5.50. The molecular formula is C26H35N5O2. The lowest BCUT2D eigenvalue weighted by molar-refractivity contribution is 0.140. The van der Waals surface area contributed by atoms with E-state index in [1.165, 1.54) is 0 Å². The summed E-state index contributed by atoms with van der Waals surface area (Å²) in [5.74, 6) is 2.35. The Kier molecular flexibility index (Phi) is 6.42. The first kappa shape index (κ1) is 22.0. The Morgan fingerprint density at radius 3 is 2.64 bits per heavy atom. The third-order valence-electron chi connectivity index (χ3n) is 7.04. The summed E-state index contributed by atoms with van der Waals surface area (Å²) < 4.78 is 14.5. The predicted molar refractivity (Wildman–Crippen MR) is 133 cm³/mol. The summed E-state index contributed by atoms with van der Waals surface area (Å²) in [6.45, 7) is 10.4. The first-order valence-corrected chi connectivity index (χ1v) is 12.2. The number of anilines is 1. The third kappa shape index (κ3) is 4.39. The normalized spacial score (nSPS) is 19.7. The van der Waals surface area contributed by atoms with Gasteiger partial charge in [0, 0.05) is 50.4 Å². The van der Waals surface area contributed by atoms with Crippen LogP contribution in [0.1, 0.15) is 25.3 Å². The summed E-state index contributed by atoms with van der Waals surface area (Å²) >= 11 is 0. The fraction of sp³-hybridized carbons (Fsp3) is 0.500. The van der Waals surface area contributed by atoms with E-state index in [-0.39, 0.29) is 6.10 Å². The molecule has 2 aromatic heterocycles. The van der Waals surface area contributed by atoms with E-state index in [9.17, 15) is 0 Å². The monoisotopic (exact) mass is 449 g/mol. The van der Waals surface area contributed by atoms with Gasteiger partial charge >= 0.3 is 0 Å². The van der Waals surface area contributed by atoms with E-state index in [1.54, 1.807) is 7.11 Å². The molecule has 2 atom stereocenters. The topological polar surface area (TPSA) is 63.1 Å². The van der Waals surface area contributed by atoms with E-state index in [1.807, 2.05) is 10.7 Å². The Bertz CT molecular complexity index is 1100. The van der Waals surface area contributed by atoms with Gasteiger partial charge in [-0.2, -0.15) is 5.10 Å². The summed E-state index contributed by atoms with van der Waals surface area (Å²) in [6, 6.07) is 8.67. The molecule has 1 aromatic carbocycles. The largest absolute Gasteiger partial charge is 0.495 e. The molecule has 0 spiro atoms. The number of pyridine rings is 1. The second-order valence-corrected chi connectivity index (χ2v) is 9.15. The van der Waals surface area contributed by atoms with Crippen LogP contribution in [-0.4, -0.2) is 62.1 Å². The zero-order valence-electron chi connectivity index (χ0n) is 19.9. The van der Waals surface area contributed by atoms with Gasteiger partial charge in [0.05, 0.1) is 19.0 Å². The van der Waals surface area contributed by atoms with Gasteiger partial charge in [0.25, 0.3) is 0 Å². The minimum absolute atomic E-state index is 0.193. The Balaban J connectivity index is 1.52. The molecule has 5 rings (SSSR count). The first-order valence-electron chi connectivity index (χ1n) is 12.2. The van der Waals surface area contributed by atoms with E-state index >= 15 is 0 Å². The second kappa shape index (κ2) is 9.61. The number of piperazine rings is 1. The average Bonchev–Trinajstić information content (AvgIpc) is 3.53. The van der Waals surface area contributed by atoms with Crippen LogP contribution in [0.25, 0.3) is 16.6 Å². The Morgan fingerprint density at radius 1 is 1.09 bits per heavy atom. The van der Waals surface area contributed by atoms with Crippen LogP contribution >= 0.6 is 0 Å². The maximum atomic E-state index is 6.69. The number of aryl methyl sites for hydroxylation is 1. The van der Waals surface area contributed by atoms with Crippen molar-refractivity contribution in [3.8, 4) is 22.6 Å². The molecule has 4 heterocycles.